The quantitative estimate of drug-likeness (QED) is 0.553. The van der Waals surface area contributed by atoms with E-state index in [4.69, 9.17) is 0 Å². The van der Waals surface area contributed by atoms with Crippen molar-refractivity contribution in [2.75, 3.05) is 0 Å². The summed E-state index contributed by atoms with van der Waals surface area (Å²) in [6.45, 7) is 0.497. The predicted octanol–water partition coefficient (Wildman–Crippen LogP) is 3.46. The van der Waals surface area contributed by atoms with Crippen LogP contribution in [0, 0.1) is 0 Å². The third-order valence-electron chi connectivity index (χ3n) is 3.76. The number of imidazole rings is 1. The Balaban J connectivity index is 2.08. The minimum Gasteiger partial charge on any atom is -0.285 e. The first-order valence-corrected chi connectivity index (χ1v) is 7.73. The Morgan fingerprint density at radius 2 is 1.86 bits per heavy atom. The van der Waals surface area contributed by atoms with Crippen molar-refractivity contribution in [2.24, 2.45) is 0 Å². The molecule has 2 heterocycles. The second kappa shape index (κ2) is 5.10. The van der Waals surface area contributed by atoms with Crippen molar-refractivity contribution in [1.82, 2.24) is 14.0 Å². The van der Waals surface area contributed by atoms with Gasteiger partial charge in [-0.25, -0.2) is 4.98 Å². The van der Waals surface area contributed by atoms with E-state index in [0.29, 0.717) is 17.7 Å². The van der Waals surface area contributed by atoms with Crippen molar-refractivity contribution in [3.63, 3.8) is 0 Å². The van der Waals surface area contributed by atoms with E-state index in [2.05, 4.69) is 20.9 Å². The first kappa shape index (κ1) is 13.3. The van der Waals surface area contributed by atoms with Gasteiger partial charge in [-0.3, -0.25) is 13.8 Å². The van der Waals surface area contributed by atoms with Crippen molar-refractivity contribution < 1.29 is 0 Å². The van der Waals surface area contributed by atoms with Crippen molar-refractivity contribution in [3.8, 4) is 0 Å². The summed E-state index contributed by atoms with van der Waals surface area (Å²) in [5, 5.41) is 0.670. The maximum absolute atomic E-state index is 12.9. The summed E-state index contributed by atoms with van der Waals surface area (Å²) in [5.41, 5.74) is 1.89. The number of benzene rings is 2. The number of hydrogen-bond donors (Lipinski definition) is 0. The van der Waals surface area contributed by atoms with Gasteiger partial charge in [-0.15, -0.1) is 0 Å². The molecule has 0 spiro atoms. The number of halogens is 1. The van der Waals surface area contributed by atoms with Crippen LogP contribution < -0.4 is 5.56 Å². The molecule has 0 N–H and O–H groups in total. The normalized spacial score (nSPS) is 11.3. The van der Waals surface area contributed by atoms with Crippen LogP contribution in [0.15, 0.2) is 70.2 Å². The third kappa shape index (κ3) is 1.97. The zero-order valence-corrected chi connectivity index (χ0v) is 13.2. The molecule has 0 unspecified atom stereocenters. The molecule has 4 nitrogen and oxygen atoms in total. The second-order valence-corrected chi connectivity index (χ2v) is 5.96. The molecule has 22 heavy (non-hydrogen) atoms. The van der Waals surface area contributed by atoms with Crippen LogP contribution in [-0.4, -0.2) is 14.0 Å². The molecule has 108 valence electrons. The average molecular weight is 354 g/mol. The summed E-state index contributed by atoms with van der Waals surface area (Å²) in [4.78, 5) is 17.3. The van der Waals surface area contributed by atoms with Crippen LogP contribution in [0.2, 0.25) is 0 Å². The van der Waals surface area contributed by atoms with E-state index in [1.807, 2.05) is 59.1 Å². The number of rotatable bonds is 2. The monoisotopic (exact) mass is 353 g/mol. The lowest BCUT2D eigenvalue weighted by molar-refractivity contribution is 0.769. The van der Waals surface area contributed by atoms with E-state index in [0.717, 1.165) is 15.6 Å². The molecule has 0 bridgehead atoms. The standard InChI is InChI=1S/C17H12BrN3O/c18-13-7-4-8-14-15(13)16(22)21(17-19-9-10-20(14)17)11-12-5-2-1-3-6-12/h1-10H,11H2. The zero-order chi connectivity index (χ0) is 15.1. The van der Waals surface area contributed by atoms with E-state index < -0.39 is 0 Å². The molecule has 0 radical (unpaired) electrons. The van der Waals surface area contributed by atoms with Crippen LogP contribution in [0.4, 0.5) is 0 Å². The highest BCUT2D eigenvalue weighted by atomic mass is 79.9. The maximum Gasteiger partial charge on any atom is 0.264 e. The summed E-state index contributed by atoms with van der Waals surface area (Å²) < 4.78 is 4.46. The molecular formula is C17H12BrN3O. The fourth-order valence-electron chi connectivity index (χ4n) is 2.74. The van der Waals surface area contributed by atoms with Crippen LogP contribution in [0.25, 0.3) is 16.7 Å². The number of hydrogen-bond acceptors (Lipinski definition) is 2. The van der Waals surface area contributed by atoms with Gasteiger partial charge >= 0.3 is 0 Å². The second-order valence-electron chi connectivity index (χ2n) is 5.11. The van der Waals surface area contributed by atoms with E-state index in [-0.39, 0.29) is 5.56 Å². The van der Waals surface area contributed by atoms with E-state index in [1.54, 1.807) is 10.8 Å². The summed E-state index contributed by atoms with van der Waals surface area (Å²) in [5.74, 6) is 0.652. The van der Waals surface area contributed by atoms with E-state index >= 15 is 0 Å². The Bertz CT molecular complexity index is 1030. The largest absolute Gasteiger partial charge is 0.285 e. The molecule has 2 aromatic carbocycles. The van der Waals surface area contributed by atoms with Crippen molar-refractivity contribution in [3.05, 3.63) is 81.3 Å². The maximum atomic E-state index is 12.9. The Kier molecular flexibility index (Phi) is 3.08. The fraction of sp³-hybridized carbons (Fsp3) is 0.0588. The number of nitrogens with zero attached hydrogens (tertiary/aromatic N) is 3. The average Bonchev–Trinajstić information content (AvgIpc) is 3.02. The highest BCUT2D eigenvalue weighted by molar-refractivity contribution is 9.10. The summed E-state index contributed by atoms with van der Waals surface area (Å²) in [7, 11) is 0. The van der Waals surface area contributed by atoms with Crippen LogP contribution >= 0.6 is 15.9 Å². The van der Waals surface area contributed by atoms with Gasteiger partial charge in [-0.1, -0.05) is 36.4 Å². The first-order chi connectivity index (χ1) is 10.8. The molecule has 5 heteroatoms. The SMILES string of the molecule is O=c1c2c(Br)cccc2n2ccnc2n1Cc1ccccc1. The fourth-order valence-corrected chi connectivity index (χ4v) is 3.27. The van der Waals surface area contributed by atoms with E-state index in [1.165, 1.54) is 0 Å². The zero-order valence-electron chi connectivity index (χ0n) is 11.6. The van der Waals surface area contributed by atoms with Gasteiger partial charge in [0.25, 0.3) is 5.56 Å². The number of fused-ring (bicyclic) bond motifs is 3. The smallest absolute Gasteiger partial charge is 0.264 e. The molecule has 0 saturated heterocycles. The summed E-state index contributed by atoms with van der Waals surface area (Å²) in [6, 6.07) is 15.7. The Morgan fingerprint density at radius 1 is 1.05 bits per heavy atom. The van der Waals surface area contributed by atoms with Gasteiger partial charge in [-0.2, -0.15) is 0 Å². The van der Waals surface area contributed by atoms with Gasteiger partial charge in [0, 0.05) is 16.9 Å². The molecule has 0 saturated carbocycles. The van der Waals surface area contributed by atoms with Gasteiger partial charge in [0.05, 0.1) is 17.4 Å². The van der Waals surface area contributed by atoms with Crippen molar-refractivity contribution >= 4 is 32.6 Å². The molecule has 0 amide bonds. The lowest BCUT2D eigenvalue weighted by Gasteiger charge is -2.11. The Morgan fingerprint density at radius 3 is 2.68 bits per heavy atom. The summed E-state index contributed by atoms with van der Waals surface area (Å²) >= 11 is 3.49. The Hall–Kier alpha value is -2.40. The Labute approximate surface area is 134 Å². The molecule has 0 aliphatic rings. The van der Waals surface area contributed by atoms with Gasteiger partial charge in [0.2, 0.25) is 5.78 Å². The molecule has 0 aliphatic carbocycles. The van der Waals surface area contributed by atoms with Crippen molar-refractivity contribution in [2.45, 2.75) is 6.54 Å². The highest BCUT2D eigenvalue weighted by Crippen LogP contribution is 2.21. The van der Waals surface area contributed by atoms with Crippen LogP contribution in [0.1, 0.15) is 5.56 Å². The van der Waals surface area contributed by atoms with Crippen LogP contribution in [0.3, 0.4) is 0 Å². The first-order valence-electron chi connectivity index (χ1n) is 6.94. The molecule has 2 aromatic heterocycles. The molecule has 0 atom stereocenters. The minimum absolute atomic E-state index is 0.0370. The molecule has 0 aliphatic heterocycles. The number of aromatic nitrogens is 3. The molecular weight excluding hydrogens is 342 g/mol. The lowest BCUT2D eigenvalue weighted by Crippen LogP contribution is -2.24. The van der Waals surface area contributed by atoms with E-state index in [9.17, 15) is 4.79 Å². The van der Waals surface area contributed by atoms with Crippen LogP contribution in [0.5, 0.6) is 0 Å². The molecule has 0 fully saturated rings. The van der Waals surface area contributed by atoms with Crippen LogP contribution in [-0.2, 0) is 6.54 Å². The molecule has 4 rings (SSSR count). The predicted molar refractivity (Wildman–Crippen MR) is 90.2 cm³/mol. The van der Waals surface area contributed by atoms with Gasteiger partial charge in [-0.05, 0) is 33.6 Å². The molecule has 4 aromatic rings. The summed E-state index contributed by atoms with van der Waals surface area (Å²) in [6.07, 6.45) is 3.60. The topological polar surface area (TPSA) is 39.3 Å². The third-order valence-corrected chi connectivity index (χ3v) is 4.42. The lowest BCUT2D eigenvalue weighted by atomic mass is 10.2. The van der Waals surface area contributed by atoms with Crippen molar-refractivity contribution in [1.29, 1.82) is 0 Å². The van der Waals surface area contributed by atoms with Gasteiger partial charge in [0.1, 0.15) is 0 Å². The highest BCUT2D eigenvalue weighted by Gasteiger charge is 2.13. The van der Waals surface area contributed by atoms with Gasteiger partial charge in [0.15, 0.2) is 0 Å². The van der Waals surface area contributed by atoms with Gasteiger partial charge < -0.3 is 0 Å². The minimum atomic E-state index is -0.0370.